The van der Waals surface area contributed by atoms with Crippen molar-refractivity contribution in [2.24, 2.45) is 0 Å². The lowest BCUT2D eigenvalue weighted by atomic mass is 9.67. The third kappa shape index (κ3) is 3.85. The van der Waals surface area contributed by atoms with E-state index in [-0.39, 0.29) is 0 Å². The molecule has 0 spiro atoms. The van der Waals surface area contributed by atoms with Crippen LogP contribution in [-0.2, 0) is 5.41 Å². The molecule has 0 nitrogen and oxygen atoms in total. The molecule has 1 aliphatic carbocycles. The first-order valence-corrected chi connectivity index (χ1v) is 17.9. The van der Waals surface area contributed by atoms with Crippen LogP contribution in [0.4, 0.5) is 0 Å². The van der Waals surface area contributed by atoms with Crippen molar-refractivity contribution in [3.8, 4) is 22.3 Å². The Morgan fingerprint density at radius 3 is 1.45 bits per heavy atom. The van der Waals surface area contributed by atoms with Gasteiger partial charge in [-0.1, -0.05) is 182 Å². The highest BCUT2D eigenvalue weighted by Crippen LogP contribution is 2.57. The van der Waals surface area contributed by atoms with E-state index >= 15 is 0 Å². The van der Waals surface area contributed by atoms with Crippen molar-refractivity contribution in [3.63, 3.8) is 0 Å². The molecule has 0 fully saturated rings. The summed E-state index contributed by atoms with van der Waals surface area (Å²) in [4.78, 5) is 0. The Balaban J connectivity index is 1.30. The number of rotatable bonds is 4. The Hall–Kier alpha value is -6.50. The Kier molecular flexibility index (Phi) is 5.97. The fourth-order valence-electron chi connectivity index (χ4n) is 9.48. The molecule has 0 heterocycles. The first-order valence-electron chi connectivity index (χ1n) is 17.9. The predicted molar refractivity (Wildman–Crippen MR) is 217 cm³/mol. The first kappa shape index (κ1) is 28.3. The third-order valence-corrected chi connectivity index (χ3v) is 11.5. The summed E-state index contributed by atoms with van der Waals surface area (Å²) in [6.45, 7) is 0. The Morgan fingerprint density at radius 1 is 0.294 bits per heavy atom. The van der Waals surface area contributed by atoms with E-state index in [0.29, 0.717) is 0 Å². The van der Waals surface area contributed by atoms with Gasteiger partial charge in [0.25, 0.3) is 0 Å². The summed E-state index contributed by atoms with van der Waals surface area (Å²) in [5.74, 6) is 0. The third-order valence-electron chi connectivity index (χ3n) is 11.5. The quantitative estimate of drug-likeness (QED) is 0.132. The molecule has 11 rings (SSSR count). The molecule has 0 saturated carbocycles. The smallest absolute Gasteiger partial charge is 0.0622 e. The van der Waals surface area contributed by atoms with Gasteiger partial charge in [0.05, 0.1) is 5.41 Å². The van der Waals surface area contributed by atoms with Gasteiger partial charge in [0.2, 0.25) is 0 Å². The van der Waals surface area contributed by atoms with Gasteiger partial charge in [0, 0.05) is 0 Å². The summed E-state index contributed by atoms with van der Waals surface area (Å²) in [6.07, 6.45) is 0. The molecular formula is C51H32. The standard InChI is InChI=1S/C51H32/c1-3-18-37(19-4-1)51(38-20-5-2-6-21-38)45-28-14-17-34-29-30-35-31-36(32-46(51)49(35)48(34)45)47-41-23-9-11-25-43(41)50(44-26-12-10-24-42(44)47)40-27-13-16-33-15-7-8-22-39(33)40/h1-32H. The van der Waals surface area contributed by atoms with E-state index in [1.807, 2.05) is 0 Å². The Bertz CT molecular complexity index is 2900. The van der Waals surface area contributed by atoms with Gasteiger partial charge >= 0.3 is 0 Å². The zero-order valence-corrected chi connectivity index (χ0v) is 28.0. The van der Waals surface area contributed by atoms with Crippen LogP contribution >= 0.6 is 0 Å². The molecule has 0 aliphatic heterocycles. The highest BCUT2D eigenvalue weighted by molar-refractivity contribution is 6.25. The van der Waals surface area contributed by atoms with Crippen LogP contribution in [0.15, 0.2) is 194 Å². The Labute approximate surface area is 296 Å². The molecule has 10 aromatic rings. The van der Waals surface area contributed by atoms with Gasteiger partial charge < -0.3 is 0 Å². The number of hydrogen-bond donors (Lipinski definition) is 0. The minimum Gasteiger partial charge on any atom is -0.0622 e. The zero-order valence-electron chi connectivity index (χ0n) is 28.0. The predicted octanol–water partition coefficient (Wildman–Crippen LogP) is 13.5. The second-order valence-corrected chi connectivity index (χ2v) is 13.9. The molecule has 0 radical (unpaired) electrons. The number of benzene rings is 10. The van der Waals surface area contributed by atoms with Gasteiger partial charge in [-0.05, 0) is 111 Å². The van der Waals surface area contributed by atoms with Crippen molar-refractivity contribution < 1.29 is 0 Å². The van der Waals surface area contributed by atoms with Gasteiger partial charge in [0.15, 0.2) is 0 Å². The van der Waals surface area contributed by atoms with Crippen LogP contribution in [0.25, 0.3) is 76.1 Å². The number of hydrogen-bond acceptors (Lipinski definition) is 0. The molecule has 0 atom stereocenters. The summed E-state index contributed by atoms with van der Waals surface area (Å²) in [5, 5.41) is 12.9. The van der Waals surface area contributed by atoms with Gasteiger partial charge in [0.1, 0.15) is 0 Å². The molecule has 51 heavy (non-hydrogen) atoms. The van der Waals surface area contributed by atoms with Crippen molar-refractivity contribution >= 4 is 53.9 Å². The highest BCUT2D eigenvalue weighted by Gasteiger charge is 2.45. The van der Waals surface area contributed by atoms with E-state index < -0.39 is 5.41 Å². The minimum atomic E-state index is -0.464. The van der Waals surface area contributed by atoms with Crippen molar-refractivity contribution in [3.05, 3.63) is 216 Å². The first-order chi connectivity index (χ1) is 25.3. The molecule has 0 unspecified atom stereocenters. The second kappa shape index (κ2) is 10.7. The van der Waals surface area contributed by atoms with Gasteiger partial charge in [-0.3, -0.25) is 0 Å². The van der Waals surface area contributed by atoms with E-state index in [4.69, 9.17) is 0 Å². The van der Waals surface area contributed by atoms with Crippen LogP contribution in [0.2, 0.25) is 0 Å². The van der Waals surface area contributed by atoms with Crippen LogP contribution in [0.3, 0.4) is 0 Å². The average molecular weight is 645 g/mol. The van der Waals surface area contributed by atoms with Gasteiger partial charge in [-0.25, -0.2) is 0 Å². The van der Waals surface area contributed by atoms with E-state index in [2.05, 4.69) is 194 Å². The fraction of sp³-hybridized carbons (Fsp3) is 0.0196. The van der Waals surface area contributed by atoms with Crippen LogP contribution in [-0.4, -0.2) is 0 Å². The summed E-state index contributed by atoms with van der Waals surface area (Å²) in [6, 6.07) is 72.4. The van der Waals surface area contributed by atoms with E-state index in [0.717, 1.165) is 0 Å². The average Bonchev–Trinajstić information content (AvgIpc) is 3.51. The molecule has 0 aromatic heterocycles. The maximum absolute atomic E-state index is 2.54. The molecule has 0 saturated heterocycles. The molecule has 0 amide bonds. The summed E-state index contributed by atoms with van der Waals surface area (Å²) >= 11 is 0. The van der Waals surface area contributed by atoms with Crippen molar-refractivity contribution in [1.82, 2.24) is 0 Å². The summed E-state index contributed by atoms with van der Waals surface area (Å²) in [7, 11) is 0. The molecule has 0 bridgehead atoms. The summed E-state index contributed by atoms with van der Waals surface area (Å²) < 4.78 is 0. The van der Waals surface area contributed by atoms with Crippen LogP contribution in [0, 0.1) is 0 Å². The molecule has 1 aliphatic rings. The van der Waals surface area contributed by atoms with E-state index in [1.54, 1.807) is 0 Å². The molecule has 0 heteroatoms. The van der Waals surface area contributed by atoms with Crippen molar-refractivity contribution in [2.75, 3.05) is 0 Å². The lowest BCUT2D eigenvalue weighted by Gasteiger charge is -2.34. The Morgan fingerprint density at radius 2 is 0.784 bits per heavy atom. The maximum Gasteiger partial charge on any atom is 0.0714 e. The van der Waals surface area contributed by atoms with E-state index in [9.17, 15) is 0 Å². The zero-order chi connectivity index (χ0) is 33.5. The van der Waals surface area contributed by atoms with E-state index in [1.165, 1.54) is 98.4 Å². The molecular weight excluding hydrogens is 613 g/mol. The molecule has 0 N–H and O–H groups in total. The minimum absolute atomic E-state index is 0.464. The lowest BCUT2D eigenvalue weighted by molar-refractivity contribution is 0.772. The topological polar surface area (TPSA) is 0 Å². The van der Waals surface area contributed by atoms with Crippen LogP contribution in [0.5, 0.6) is 0 Å². The highest BCUT2D eigenvalue weighted by atomic mass is 14.5. The van der Waals surface area contributed by atoms with Crippen LogP contribution < -0.4 is 0 Å². The monoisotopic (exact) mass is 644 g/mol. The molecule has 10 aromatic carbocycles. The maximum atomic E-state index is 2.54. The largest absolute Gasteiger partial charge is 0.0714 e. The lowest BCUT2D eigenvalue weighted by Crippen LogP contribution is -2.28. The van der Waals surface area contributed by atoms with Crippen molar-refractivity contribution in [2.45, 2.75) is 5.41 Å². The molecule has 236 valence electrons. The normalized spacial score (nSPS) is 13.3. The van der Waals surface area contributed by atoms with Gasteiger partial charge in [-0.2, -0.15) is 0 Å². The van der Waals surface area contributed by atoms with Crippen LogP contribution in [0.1, 0.15) is 22.3 Å². The SMILES string of the molecule is c1ccc(C2(c3ccccc3)c3cccc4ccc5cc(-c6c7ccccc7c(-c7cccc8ccccc78)c7ccccc67)cc2c5c34)cc1. The fourth-order valence-corrected chi connectivity index (χ4v) is 9.48. The van der Waals surface area contributed by atoms with Gasteiger partial charge in [-0.15, -0.1) is 0 Å². The summed E-state index contributed by atoms with van der Waals surface area (Å²) in [5.41, 5.74) is 9.93. The van der Waals surface area contributed by atoms with Crippen molar-refractivity contribution in [1.29, 1.82) is 0 Å². The second-order valence-electron chi connectivity index (χ2n) is 13.9. The number of fused-ring (bicyclic) bond motifs is 3.